The van der Waals surface area contributed by atoms with Crippen LogP contribution in [-0.2, 0) is 7.05 Å². The Kier molecular flexibility index (Phi) is 1.82. The molecule has 0 amide bonds. The first-order valence-electron chi connectivity index (χ1n) is 4.61. The number of aromatic nitrogens is 1. The van der Waals surface area contributed by atoms with E-state index in [2.05, 4.69) is 31.2 Å². The molecule has 0 spiro atoms. The predicted octanol–water partition coefficient (Wildman–Crippen LogP) is 2.67. The summed E-state index contributed by atoms with van der Waals surface area (Å²) in [6, 6.07) is 8.51. The van der Waals surface area contributed by atoms with Gasteiger partial charge in [0.15, 0.2) is 0 Å². The van der Waals surface area contributed by atoms with Gasteiger partial charge in [-0.05, 0) is 31.5 Å². The average molecular weight is 184 g/mol. The first kappa shape index (κ1) is 8.83. The van der Waals surface area contributed by atoms with Crippen molar-refractivity contribution in [3.63, 3.8) is 0 Å². The lowest BCUT2D eigenvalue weighted by atomic mass is 10.1. The second-order valence-corrected chi connectivity index (χ2v) is 3.67. The molecule has 0 atom stereocenters. The molecule has 0 N–H and O–H groups in total. The van der Waals surface area contributed by atoms with Crippen LogP contribution in [0.2, 0.25) is 0 Å². The Morgan fingerprint density at radius 1 is 1.29 bits per heavy atom. The second-order valence-electron chi connectivity index (χ2n) is 3.67. The summed E-state index contributed by atoms with van der Waals surface area (Å²) in [7, 11) is 1.93. The van der Waals surface area contributed by atoms with E-state index in [0.29, 0.717) is 0 Å². The molecule has 0 unspecified atom stereocenters. The van der Waals surface area contributed by atoms with E-state index < -0.39 is 0 Å². The van der Waals surface area contributed by atoms with Crippen molar-refractivity contribution in [1.82, 2.24) is 4.57 Å². The molecule has 0 radical (unpaired) electrons. The zero-order valence-corrected chi connectivity index (χ0v) is 8.63. The Labute approximate surface area is 83.4 Å². The van der Waals surface area contributed by atoms with E-state index >= 15 is 0 Å². The summed E-state index contributed by atoms with van der Waals surface area (Å²) in [5.41, 5.74) is 4.19. The van der Waals surface area contributed by atoms with Crippen molar-refractivity contribution in [3.05, 3.63) is 35.0 Å². The highest BCUT2D eigenvalue weighted by Crippen LogP contribution is 2.24. The summed E-state index contributed by atoms with van der Waals surface area (Å²) in [6.07, 6.45) is 0. The van der Waals surface area contributed by atoms with Crippen LogP contribution >= 0.6 is 0 Å². The lowest BCUT2D eigenvalue weighted by Crippen LogP contribution is -1.91. The van der Waals surface area contributed by atoms with Crippen molar-refractivity contribution in [1.29, 1.82) is 5.26 Å². The summed E-state index contributed by atoms with van der Waals surface area (Å²) in [5, 5.41) is 10.2. The number of aryl methyl sites for hydroxylation is 3. The molecule has 2 rings (SSSR count). The molecular weight excluding hydrogens is 172 g/mol. The van der Waals surface area contributed by atoms with E-state index in [9.17, 15) is 0 Å². The molecule has 0 saturated heterocycles. The molecule has 1 aromatic carbocycles. The van der Waals surface area contributed by atoms with Gasteiger partial charge in [0.1, 0.15) is 11.8 Å². The lowest BCUT2D eigenvalue weighted by molar-refractivity contribution is 0.940. The van der Waals surface area contributed by atoms with Gasteiger partial charge in [0.05, 0.1) is 0 Å². The number of hydrogen-bond acceptors (Lipinski definition) is 1. The van der Waals surface area contributed by atoms with Crippen LogP contribution in [0, 0.1) is 25.2 Å². The van der Waals surface area contributed by atoms with E-state index in [1.807, 2.05) is 18.5 Å². The fourth-order valence-electron chi connectivity index (χ4n) is 1.90. The number of hydrogen-bond donors (Lipinski definition) is 0. The molecule has 2 nitrogen and oxygen atoms in total. The Morgan fingerprint density at radius 2 is 2.00 bits per heavy atom. The van der Waals surface area contributed by atoms with E-state index in [1.165, 1.54) is 10.9 Å². The molecule has 14 heavy (non-hydrogen) atoms. The largest absolute Gasteiger partial charge is 0.335 e. The van der Waals surface area contributed by atoms with Gasteiger partial charge in [-0.15, -0.1) is 0 Å². The molecule has 0 fully saturated rings. The number of nitrogens with zero attached hydrogens (tertiary/aromatic N) is 2. The Balaban J connectivity index is 2.96. The zero-order chi connectivity index (χ0) is 10.3. The summed E-state index contributed by atoms with van der Waals surface area (Å²) in [4.78, 5) is 0. The molecule has 70 valence electrons. The van der Waals surface area contributed by atoms with Gasteiger partial charge in [-0.1, -0.05) is 11.6 Å². The first-order valence-corrected chi connectivity index (χ1v) is 4.61. The van der Waals surface area contributed by atoms with Crippen LogP contribution in [0.1, 0.15) is 16.8 Å². The van der Waals surface area contributed by atoms with Gasteiger partial charge in [0, 0.05) is 18.0 Å². The van der Waals surface area contributed by atoms with Crippen molar-refractivity contribution >= 4 is 10.9 Å². The maximum atomic E-state index is 9.00. The van der Waals surface area contributed by atoms with Gasteiger partial charge in [0.2, 0.25) is 0 Å². The summed E-state index contributed by atoms with van der Waals surface area (Å²) in [5.74, 6) is 0. The van der Waals surface area contributed by atoms with Crippen LogP contribution in [0.25, 0.3) is 10.9 Å². The molecule has 0 saturated carbocycles. The lowest BCUT2D eigenvalue weighted by Gasteiger charge is -1.97. The fourth-order valence-corrected chi connectivity index (χ4v) is 1.90. The molecule has 2 aromatic rings. The van der Waals surface area contributed by atoms with Gasteiger partial charge < -0.3 is 4.57 Å². The van der Waals surface area contributed by atoms with Crippen molar-refractivity contribution in [3.8, 4) is 6.07 Å². The van der Waals surface area contributed by atoms with Gasteiger partial charge in [-0.25, -0.2) is 0 Å². The van der Waals surface area contributed by atoms with E-state index in [-0.39, 0.29) is 0 Å². The Hall–Kier alpha value is -1.75. The van der Waals surface area contributed by atoms with E-state index in [1.54, 1.807) is 0 Å². The van der Waals surface area contributed by atoms with Gasteiger partial charge in [-0.2, -0.15) is 5.26 Å². The number of nitriles is 1. The molecule has 0 aliphatic carbocycles. The van der Waals surface area contributed by atoms with Crippen LogP contribution in [0.4, 0.5) is 0 Å². The Morgan fingerprint density at radius 3 is 2.64 bits per heavy atom. The van der Waals surface area contributed by atoms with Crippen molar-refractivity contribution in [2.24, 2.45) is 7.05 Å². The molecular formula is C12H12N2. The topological polar surface area (TPSA) is 28.7 Å². The molecule has 0 aliphatic heterocycles. The third kappa shape index (κ3) is 1.03. The summed E-state index contributed by atoms with van der Waals surface area (Å²) in [6.45, 7) is 4.07. The average Bonchev–Trinajstić information content (AvgIpc) is 2.39. The maximum Gasteiger partial charge on any atom is 0.123 e. The highest BCUT2D eigenvalue weighted by Gasteiger charge is 2.10. The highest BCUT2D eigenvalue weighted by atomic mass is 14.9. The zero-order valence-electron chi connectivity index (χ0n) is 8.63. The minimum absolute atomic E-state index is 0.755. The molecule has 0 aliphatic rings. The van der Waals surface area contributed by atoms with E-state index in [4.69, 9.17) is 5.26 Å². The van der Waals surface area contributed by atoms with Crippen LogP contribution in [0.15, 0.2) is 18.2 Å². The summed E-state index contributed by atoms with van der Waals surface area (Å²) >= 11 is 0. The minimum atomic E-state index is 0.755. The van der Waals surface area contributed by atoms with Crippen LogP contribution in [-0.4, -0.2) is 4.57 Å². The first-order chi connectivity index (χ1) is 6.65. The van der Waals surface area contributed by atoms with Crippen molar-refractivity contribution < 1.29 is 0 Å². The maximum absolute atomic E-state index is 9.00. The summed E-state index contributed by atoms with van der Waals surface area (Å²) < 4.78 is 1.95. The number of benzene rings is 1. The van der Waals surface area contributed by atoms with Crippen molar-refractivity contribution in [2.45, 2.75) is 13.8 Å². The minimum Gasteiger partial charge on any atom is -0.335 e. The van der Waals surface area contributed by atoms with Crippen molar-refractivity contribution in [2.75, 3.05) is 0 Å². The third-order valence-electron chi connectivity index (χ3n) is 2.71. The molecule has 1 aromatic heterocycles. The SMILES string of the molecule is Cc1ccc2c(c1)c(C)c(C#N)n2C. The van der Waals surface area contributed by atoms with E-state index in [0.717, 1.165) is 16.8 Å². The van der Waals surface area contributed by atoms with Gasteiger partial charge in [0.25, 0.3) is 0 Å². The standard InChI is InChI=1S/C12H12N2/c1-8-4-5-11-10(6-8)9(2)12(7-13)14(11)3/h4-6H,1-3H3. The highest BCUT2D eigenvalue weighted by molar-refractivity contribution is 5.86. The fraction of sp³-hybridized carbons (Fsp3) is 0.250. The van der Waals surface area contributed by atoms with Crippen LogP contribution in [0.3, 0.4) is 0 Å². The monoisotopic (exact) mass is 184 g/mol. The number of fused-ring (bicyclic) bond motifs is 1. The van der Waals surface area contributed by atoms with Gasteiger partial charge in [-0.3, -0.25) is 0 Å². The normalized spacial score (nSPS) is 10.4. The molecule has 1 heterocycles. The molecule has 0 bridgehead atoms. The van der Waals surface area contributed by atoms with Crippen LogP contribution in [0.5, 0.6) is 0 Å². The quantitative estimate of drug-likeness (QED) is 0.618. The van der Waals surface area contributed by atoms with Crippen LogP contribution < -0.4 is 0 Å². The number of rotatable bonds is 0. The second kappa shape index (κ2) is 2.88. The predicted molar refractivity (Wildman–Crippen MR) is 57.1 cm³/mol. The van der Waals surface area contributed by atoms with Gasteiger partial charge >= 0.3 is 0 Å². The third-order valence-corrected chi connectivity index (χ3v) is 2.71. The smallest absolute Gasteiger partial charge is 0.123 e. The Bertz CT molecular complexity index is 541. The molecule has 2 heteroatoms.